The number of allylic oxidation sites excluding steroid dienone is 2. The van der Waals surface area contributed by atoms with Gasteiger partial charge in [-0.25, -0.2) is 4.98 Å². The molecule has 7 heteroatoms. The Kier molecular flexibility index (Phi) is 6.27. The highest BCUT2D eigenvalue weighted by molar-refractivity contribution is 7.22. The molecule has 148 valence electrons. The number of hydrogen-bond acceptors (Lipinski definition) is 5. The number of amides is 1. The molecular weight excluding hydrogens is 499 g/mol. The molecule has 1 aromatic heterocycles. The van der Waals surface area contributed by atoms with Gasteiger partial charge in [-0.2, -0.15) is 0 Å². The van der Waals surface area contributed by atoms with Crippen LogP contribution in [0, 0.1) is 3.57 Å². The molecule has 2 aromatic carbocycles. The molecule has 5 nitrogen and oxygen atoms in total. The quantitative estimate of drug-likeness (QED) is 0.504. The highest BCUT2D eigenvalue weighted by Gasteiger charge is 2.21. The zero-order valence-electron chi connectivity index (χ0n) is 16.0. The Bertz CT molecular complexity index is 1090. The lowest BCUT2D eigenvalue weighted by Crippen LogP contribution is -3.60. The number of nitrogens with zero attached hydrogens (tertiary/aromatic N) is 1. The van der Waals surface area contributed by atoms with Crippen molar-refractivity contribution in [1.29, 1.82) is 0 Å². The maximum absolute atomic E-state index is 12.6. The maximum Gasteiger partial charge on any atom is 0.357 e. The smallest absolute Gasteiger partial charge is 0.357 e. The molecule has 0 spiro atoms. The number of anilines is 1. The van der Waals surface area contributed by atoms with Crippen LogP contribution in [0.4, 0.5) is 5.13 Å². The fourth-order valence-corrected chi connectivity index (χ4v) is 6.23. The van der Waals surface area contributed by atoms with Gasteiger partial charge in [0.25, 0.3) is 5.91 Å². The molecule has 0 radical (unpaired) electrons. The van der Waals surface area contributed by atoms with E-state index in [9.17, 15) is 4.79 Å². The predicted octanol–water partition coefficient (Wildman–Crippen LogP) is 1.67. The predicted molar refractivity (Wildman–Crippen MR) is 112 cm³/mol. The third kappa shape index (κ3) is 4.85. The third-order valence-corrected chi connectivity index (χ3v) is 8.05. The van der Waals surface area contributed by atoms with Gasteiger partial charge in [0.1, 0.15) is 5.75 Å². The zero-order valence-corrected chi connectivity index (χ0v) is 19.0. The molecule has 0 saturated carbocycles. The van der Waals surface area contributed by atoms with E-state index in [1.54, 1.807) is 14.2 Å². The summed E-state index contributed by atoms with van der Waals surface area (Å²) < 4.78 is 14.2. The summed E-state index contributed by atoms with van der Waals surface area (Å²) in [6.45, 7) is 0. The van der Waals surface area contributed by atoms with Gasteiger partial charge in [0, 0.05) is 12.7 Å². The van der Waals surface area contributed by atoms with E-state index >= 15 is 0 Å². The lowest BCUT2D eigenvalue weighted by Gasteiger charge is -2.09. The van der Waals surface area contributed by atoms with Crippen LogP contribution in [-0.2, 0) is 4.74 Å². The number of nitrogens with one attached hydrogen (secondary N) is 1. The Labute approximate surface area is 183 Å². The second-order valence-corrected chi connectivity index (χ2v) is 10.4. The monoisotopic (exact) mass is 519 g/mol. The van der Waals surface area contributed by atoms with Crippen molar-refractivity contribution < 1.29 is 35.5 Å². The topological polar surface area (TPSA) is 60.5 Å². The van der Waals surface area contributed by atoms with E-state index < -0.39 is 0 Å². The number of methoxy groups -OCH3 is 2. The van der Waals surface area contributed by atoms with Crippen LogP contribution in [0.15, 0.2) is 64.3 Å². The van der Waals surface area contributed by atoms with Gasteiger partial charge in [-0.3, -0.25) is 10.1 Å². The molecule has 1 aliphatic carbocycles. The van der Waals surface area contributed by atoms with Gasteiger partial charge in [-0.05, 0) is 61.0 Å². The summed E-state index contributed by atoms with van der Waals surface area (Å²) in [4.78, 5) is 17.1. The summed E-state index contributed by atoms with van der Waals surface area (Å²) in [5, 5.41) is 3.48. The molecule has 0 saturated heterocycles. The number of halogens is 1. The van der Waals surface area contributed by atoms with Crippen molar-refractivity contribution in [2.75, 3.05) is 19.5 Å². The second-order valence-electron chi connectivity index (χ2n) is 6.37. The Morgan fingerprint density at radius 1 is 1.21 bits per heavy atom. The number of hydrogen-bond donors (Lipinski definition) is 1. The molecule has 0 aliphatic heterocycles. The second kappa shape index (κ2) is 9.06. The van der Waals surface area contributed by atoms with Crippen LogP contribution in [0.3, 0.4) is 0 Å². The Hall–Kier alpha value is -2.23. The van der Waals surface area contributed by atoms with E-state index in [0.29, 0.717) is 10.7 Å². The number of benzene rings is 2. The number of fused-ring (bicyclic) bond motifs is 1. The highest BCUT2D eigenvalue weighted by Crippen LogP contribution is 2.29. The van der Waals surface area contributed by atoms with Gasteiger partial charge in [0.05, 0.1) is 23.4 Å². The van der Waals surface area contributed by atoms with Gasteiger partial charge in [-0.15, -0.1) is 0 Å². The van der Waals surface area contributed by atoms with Crippen LogP contribution < -0.4 is 31.3 Å². The average molecular weight is 519 g/mol. The largest absolute Gasteiger partial charge is 0.497 e. The molecule has 1 atom stereocenters. The van der Waals surface area contributed by atoms with Crippen molar-refractivity contribution in [3.8, 4) is 5.75 Å². The van der Waals surface area contributed by atoms with E-state index in [1.165, 1.54) is 18.5 Å². The lowest BCUT2D eigenvalue weighted by atomic mass is 10.1. The van der Waals surface area contributed by atoms with Crippen molar-refractivity contribution in [1.82, 2.24) is 4.98 Å². The van der Waals surface area contributed by atoms with Crippen LogP contribution in [0.5, 0.6) is 5.75 Å². The van der Waals surface area contributed by atoms with Crippen molar-refractivity contribution in [2.45, 2.75) is 12.5 Å². The molecule has 1 aliphatic rings. The van der Waals surface area contributed by atoms with Crippen molar-refractivity contribution in [3.63, 3.8) is 0 Å². The first-order chi connectivity index (χ1) is 14.1. The fourth-order valence-electron chi connectivity index (χ4n) is 2.89. The molecule has 1 amide bonds. The number of ether oxygens (including phenoxy) is 2. The van der Waals surface area contributed by atoms with Crippen molar-refractivity contribution in [3.05, 3.63) is 73.4 Å². The van der Waals surface area contributed by atoms with Crippen molar-refractivity contribution in [2.24, 2.45) is 0 Å². The van der Waals surface area contributed by atoms with E-state index in [0.717, 1.165) is 22.4 Å². The lowest BCUT2D eigenvalue weighted by molar-refractivity contribution is -0.572. The maximum atomic E-state index is 12.6. The number of carbonyl (C=O) groups excluding carboxylic acids is 1. The SMILES string of the molecule is COc1ccc2nc(NC(=O)c3ccc([I+]C4=CC(OC)CC=C4)cc3)sc2c1. The Morgan fingerprint density at radius 3 is 2.79 bits per heavy atom. The molecule has 0 bridgehead atoms. The summed E-state index contributed by atoms with van der Waals surface area (Å²) in [6.07, 6.45) is 7.66. The van der Waals surface area contributed by atoms with E-state index in [4.69, 9.17) is 9.47 Å². The Morgan fingerprint density at radius 2 is 2.03 bits per heavy atom. The van der Waals surface area contributed by atoms with E-state index in [1.807, 2.05) is 42.5 Å². The van der Waals surface area contributed by atoms with E-state index in [-0.39, 0.29) is 33.2 Å². The fraction of sp³-hybridized carbons (Fsp3) is 0.182. The third-order valence-electron chi connectivity index (χ3n) is 4.43. The first-order valence-corrected chi connectivity index (χ1v) is 12.0. The molecule has 1 N–H and O–H groups in total. The number of rotatable bonds is 6. The van der Waals surface area contributed by atoms with E-state index in [2.05, 4.69) is 28.5 Å². The average Bonchev–Trinajstić information content (AvgIpc) is 3.15. The number of thiazole rings is 1. The van der Waals surface area contributed by atoms with Gasteiger partial charge in [0.15, 0.2) is 12.3 Å². The van der Waals surface area contributed by atoms with Crippen molar-refractivity contribution >= 4 is 32.6 Å². The molecular formula is C22H20IN2O3S+. The first kappa shape index (κ1) is 20.1. The minimum Gasteiger partial charge on any atom is -0.497 e. The van der Waals surface area contributed by atoms with Gasteiger partial charge in [-0.1, -0.05) is 17.4 Å². The van der Waals surface area contributed by atoms with Gasteiger partial charge < -0.3 is 9.47 Å². The highest BCUT2D eigenvalue weighted by atomic mass is 127. The van der Waals surface area contributed by atoms with Gasteiger partial charge in [0.2, 0.25) is 0 Å². The molecule has 1 heterocycles. The summed E-state index contributed by atoms with van der Waals surface area (Å²) in [6, 6.07) is 13.5. The van der Waals surface area contributed by atoms with Gasteiger partial charge >= 0.3 is 21.2 Å². The minimum atomic E-state index is -0.288. The molecule has 1 unspecified atom stereocenters. The Balaban J connectivity index is 1.43. The van der Waals surface area contributed by atoms with Crippen LogP contribution in [-0.4, -0.2) is 31.2 Å². The summed E-state index contributed by atoms with van der Waals surface area (Å²) in [5.74, 6) is 0.620. The van der Waals surface area contributed by atoms with Crippen LogP contribution in [0.1, 0.15) is 16.8 Å². The zero-order chi connectivity index (χ0) is 20.2. The summed E-state index contributed by atoms with van der Waals surface area (Å²) >= 11 is 1.15. The summed E-state index contributed by atoms with van der Waals surface area (Å²) in [5.41, 5.74) is 1.46. The number of aromatic nitrogens is 1. The van der Waals surface area contributed by atoms with Crippen LogP contribution >= 0.6 is 11.3 Å². The first-order valence-electron chi connectivity index (χ1n) is 9.06. The van der Waals surface area contributed by atoms with Crippen LogP contribution in [0.25, 0.3) is 10.2 Å². The standard InChI is InChI=1S/C22H19IN2O3S/c1-27-17-5-3-4-16(12-17)23-15-8-6-14(7-9-15)21(26)25-22-24-19-11-10-18(28-2)13-20(19)29-22/h3-4,6-13,17H,5H2,1-2H3/p+1. The molecule has 3 aromatic rings. The summed E-state index contributed by atoms with van der Waals surface area (Å²) in [7, 11) is 3.37. The molecule has 29 heavy (non-hydrogen) atoms. The molecule has 4 rings (SSSR count). The number of carbonyl (C=O) groups is 1. The molecule has 0 fully saturated rings. The normalized spacial score (nSPS) is 15.9. The minimum absolute atomic E-state index is 0.156. The van der Waals surface area contributed by atoms with Crippen LogP contribution in [0.2, 0.25) is 0 Å².